The number of thiophene rings is 1. The molecule has 0 spiro atoms. The number of aromatic hydroxyl groups is 1. The smallest absolute Gasteiger partial charge is 0.195 e. The molecule has 0 atom stereocenters. The molecule has 0 saturated carbocycles. The van der Waals surface area contributed by atoms with E-state index in [9.17, 15) is 9.90 Å². The van der Waals surface area contributed by atoms with Gasteiger partial charge in [-0.25, -0.2) is 0 Å². The number of aryl methyl sites for hydroxylation is 1. The Balaban J connectivity index is 2.24. The molecule has 2 nitrogen and oxygen atoms in total. The largest absolute Gasteiger partial charge is 0.506 e. The summed E-state index contributed by atoms with van der Waals surface area (Å²) in [6, 6.07) is 4.88. The van der Waals surface area contributed by atoms with Gasteiger partial charge in [0.05, 0.1) is 9.90 Å². The molecule has 2 aromatic rings. The van der Waals surface area contributed by atoms with Gasteiger partial charge in [0.2, 0.25) is 0 Å². The Morgan fingerprint density at radius 3 is 2.68 bits per heavy atom. The molecule has 1 aromatic heterocycles. The van der Waals surface area contributed by atoms with E-state index in [-0.39, 0.29) is 21.6 Å². The standard InChI is InChI=1S/C14H10Cl2O2S/c1-8-6-12(19-7-8)10(17)4-2-9-3-5-11(18)14(16)13(9)15/h2-7,18H,1H3. The summed E-state index contributed by atoms with van der Waals surface area (Å²) in [6.45, 7) is 1.94. The van der Waals surface area contributed by atoms with Crippen molar-refractivity contribution in [1.29, 1.82) is 0 Å². The van der Waals surface area contributed by atoms with Crippen LogP contribution in [0.2, 0.25) is 10.0 Å². The second-order valence-electron chi connectivity index (χ2n) is 3.99. The Bertz CT molecular complexity index is 659. The van der Waals surface area contributed by atoms with Crippen molar-refractivity contribution in [1.82, 2.24) is 0 Å². The highest BCUT2D eigenvalue weighted by molar-refractivity contribution is 7.12. The van der Waals surface area contributed by atoms with Crippen molar-refractivity contribution < 1.29 is 9.90 Å². The SMILES string of the molecule is Cc1csc(C(=O)C=Cc2ccc(O)c(Cl)c2Cl)c1. The topological polar surface area (TPSA) is 37.3 Å². The summed E-state index contributed by atoms with van der Waals surface area (Å²) < 4.78 is 0. The number of phenolic OH excluding ortho intramolecular Hbond substituents is 1. The number of rotatable bonds is 3. The van der Waals surface area contributed by atoms with Gasteiger partial charge >= 0.3 is 0 Å². The number of hydrogen-bond acceptors (Lipinski definition) is 3. The van der Waals surface area contributed by atoms with E-state index >= 15 is 0 Å². The Morgan fingerprint density at radius 1 is 1.32 bits per heavy atom. The van der Waals surface area contributed by atoms with Gasteiger partial charge in [-0.15, -0.1) is 11.3 Å². The minimum Gasteiger partial charge on any atom is -0.506 e. The number of halogens is 2. The molecule has 0 aliphatic carbocycles. The maximum atomic E-state index is 11.9. The fraction of sp³-hybridized carbons (Fsp3) is 0.0714. The number of carbonyl (C=O) groups is 1. The zero-order valence-corrected chi connectivity index (χ0v) is 12.3. The van der Waals surface area contributed by atoms with Crippen LogP contribution in [-0.4, -0.2) is 10.9 Å². The second-order valence-corrected chi connectivity index (χ2v) is 5.65. The normalized spacial score (nSPS) is 11.1. The van der Waals surface area contributed by atoms with Gasteiger partial charge in [0.1, 0.15) is 10.8 Å². The molecular formula is C14H10Cl2O2S. The Labute approximate surface area is 124 Å². The van der Waals surface area contributed by atoms with E-state index in [1.54, 1.807) is 12.1 Å². The van der Waals surface area contributed by atoms with Crippen molar-refractivity contribution in [2.75, 3.05) is 0 Å². The van der Waals surface area contributed by atoms with E-state index in [2.05, 4.69) is 0 Å². The van der Waals surface area contributed by atoms with Crippen LogP contribution in [0, 0.1) is 6.92 Å². The van der Waals surface area contributed by atoms with Crippen LogP contribution >= 0.6 is 34.5 Å². The van der Waals surface area contributed by atoms with E-state index in [0.29, 0.717) is 10.4 Å². The average Bonchev–Trinajstić information content (AvgIpc) is 2.81. The van der Waals surface area contributed by atoms with E-state index < -0.39 is 0 Å². The lowest BCUT2D eigenvalue weighted by Crippen LogP contribution is -1.89. The fourth-order valence-corrected chi connectivity index (χ4v) is 2.70. The third-order valence-corrected chi connectivity index (χ3v) is 4.43. The van der Waals surface area contributed by atoms with Crippen molar-refractivity contribution in [3.63, 3.8) is 0 Å². The summed E-state index contributed by atoms with van der Waals surface area (Å²) in [5.74, 6) is -0.164. The summed E-state index contributed by atoms with van der Waals surface area (Å²) in [6.07, 6.45) is 3.03. The number of allylic oxidation sites excluding steroid dienone is 1. The second kappa shape index (κ2) is 5.78. The highest BCUT2D eigenvalue weighted by Crippen LogP contribution is 2.34. The predicted molar refractivity (Wildman–Crippen MR) is 80.5 cm³/mol. The number of ketones is 1. The minimum atomic E-state index is -0.0848. The summed E-state index contributed by atoms with van der Waals surface area (Å²) in [7, 11) is 0. The monoisotopic (exact) mass is 312 g/mol. The predicted octanol–water partition coefficient (Wildman–Crippen LogP) is 4.97. The fourth-order valence-electron chi connectivity index (χ4n) is 1.49. The third-order valence-electron chi connectivity index (χ3n) is 2.48. The van der Waals surface area contributed by atoms with Crippen molar-refractivity contribution in [2.24, 2.45) is 0 Å². The van der Waals surface area contributed by atoms with Gasteiger partial charge in [-0.05, 0) is 53.8 Å². The van der Waals surface area contributed by atoms with Crippen LogP contribution in [0.1, 0.15) is 20.8 Å². The zero-order valence-electron chi connectivity index (χ0n) is 9.98. The van der Waals surface area contributed by atoms with Crippen molar-refractivity contribution >= 4 is 46.4 Å². The maximum absolute atomic E-state index is 11.9. The first kappa shape index (κ1) is 14.1. The molecule has 0 aliphatic rings. The lowest BCUT2D eigenvalue weighted by Gasteiger charge is -2.02. The van der Waals surface area contributed by atoms with Gasteiger partial charge < -0.3 is 5.11 Å². The number of phenols is 1. The Hall–Kier alpha value is -1.29. The van der Waals surface area contributed by atoms with E-state index in [4.69, 9.17) is 23.2 Å². The van der Waals surface area contributed by atoms with Crippen LogP contribution in [0.15, 0.2) is 29.7 Å². The van der Waals surface area contributed by atoms with Gasteiger partial charge in [-0.1, -0.05) is 23.2 Å². The first-order valence-corrected chi connectivity index (χ1v) is 7.07. The maximum Gasteiger partial charge on any atom is 0.195 e. The first-order chi connectivity index (χ1) is 8.99. The van der Waals surface area contributed by atoms with Crippen LogP contribution in [0.25, 0.3) is 6.08 Å². The third kappa shape index (κ3) is 3.18. The summed E-state index contributed by atoms with van der Waals surface area (Å²) >= 11 is 13.2. The number of hydrogen-bond donors (Lipinski definition) is 1. The highest BCUT2D eigenvalue weighted by Gasteiger charge is 2.08. The molecule has 1 aromatic carbocycles. The molecule has 0 fully saturated rings. The molecule has 1 N–H and O–H groups in total. The molecule has 5 heteroatoms. The summed E-state index contributed by atoms with van der Waals surface area (Å²) in [4.78, 5) is 12.6. The molecule has 0 radical (unpaired) electrons. The van der Waals surface area contributed by atoms with Crippen LogP contribution in [0.5, 0.6) is 5.75 Å². The molecule has 98 valence electrons. The van der Waals surface area contributed by atoms with Gasteiger partial charge in [-0.2, -0.15) is 0 Å². The molecule has 0 amide bonds. The van der Waals surface area contributed by atoms with Crippen molar-refractivity contribution in [3.05, 3.63) is 55.7 Å². The first-order valence-electron chi connectivity index (χ1n) is 5.43. The van der Waals surface area contributed by atoms with Gasteiger partial charge in [0.25, 0.3) is 0 Å². The van der Waals surface area contributed by atoms with E-state index in [1.807, 2.05) is 18.4 Å². The summed E-state index contributed by atoms with van der Waals surface area (Å²) in [5.41, 5.74) is 1.65. The van der Waals surface area contributed by atoms with Crippen molar-refractivity contribution in [2.45, 2.75) is 6.92 Å². The molecular weight excluding hydrogens is 303 g/mol. The zero-order chi connectivity index (χ0) is 14.0. The lowest BCUT2D eigenvalue weighted by molar-refractivity contribution is 0.105. The quantitative estimate of drug-likeness (QED) is 0.642. The van der Waals surface area contributed by atoms with Crippen LogP contribution < -0.4 is 0 Å². The lowest BCUT2D eigenvalue weighted by atomic mass is 10.1. The molecule has 0 unspecified atom stereocenters. The van der Waals surface area contributed by atoms with E-state index in [1.165, 1.54) is 23.5 Å². The summed E-state index contributed by atoms with van der Waals surface area (Å²) in [5, 5.41) is 11.6. The molecule has 0 bridgehead atoms. The van der Waals surface area contributed by atoms with Crippen molar-refractivity contribution in [3.8, 4) is 5.75 Å². The van der Waals surface area contributed by atoms with Gasteiger partial charge in [0.15, 0.2) is 5.78 Å². The Kier molecular flexibility index (Phi) is 4.30. The molecule has 1 heterocycles. The van der Waals surface area contributed by atoms with Gasteiger partial charge in [-0.3, -0.25) is 4.79 Å². The van der Waals surface area contributed by atoms with Gasteiger partial charge in [0, 0.05) is 0 Å². The highest BCUT2D eigenvalue weighted by atomic mass is 35.5. The Morgan fingerprint density at radius 2 is 2.05 bits per heavy atom. The minimum absolute atomic E-state index is 0.0796. The number of benzene rings is 1. The van der Waals surface area contributed by atoms with Crippen LogP contribution in [0.3, 0.4) is 0 Å². The molecule has 0 saturated heterocycles. The van der Waals surface area contributed by atoms with Crippen LogP contribution in [-0.2, 0) is 0 Å². The average molecular weight is 313 g/mol. The molecule has 19 heavy (non-hydrogen) atoms. The van der Waals surface area contributed by atoms with E-state index in [0.717, 1.165) is 5.56 Å². The molecule has 0 aliphatic heterocycles. The number of carbonyl (C=O) groups excluding carboxylic acids is 1. The molecule has 2 rings (SSSR count). The van der Waals surface area contributed by atoms with Crippen LogP contribution in [0.4, 0.5) is 0 Å².